The highest BCUT2D eigenvalue weighted by Crippen LogP contribution is 2.35. The van der Waals surface area contributed by atoms with Gasteiger partial charge in [-0.1, -0.05) is 36.7 Å². The van der Waals surface area contributed by atoms with Crippen molar-refractivity contribution in [1.29, 1.82) is 0 Å². The number of fused-ring (bicyclic) bond motifs is 1. The summed E-state index contributed by atoms with van der Waals surface area (Å²) in [7, 11) is -3.54. The molecule has 2 aromatic carbocycles. The van der Waals surface area contributed by atoms with Gasteiger partial charge in [0.15, 0.2) is 0 Å². The molecule has 30 heavy (non-hydrogen) atoms. The predicted octanol–water partition coefficient (Wildman–Crippen LogP) is 4.13. The van der Waals surface area contributed by atoms with Crippen LogP contribution < -0.4 is 5.32 Å². The van der Waals surface area contributed by atoms with Crippen LogP contribution in [0.15, 0.2) is 53.4 Å². The number of sulfonamides is 1. The van der Waals surface area contributed by atoms with E-state index in [2.05, 4.69) is 17.1 Å². The van der Waals surface area contributed by atoms with Gasteiger partial charge in [0.25, 0.3) is 5.91 Å². The Kier molecular flexibility index (Phi) is 6.13. The molecule has 6 nitrogen and oxygen atoms in total. The van der Waals surface area contributed by atoms with Gasteiger partial charge in [-0.25, -0.2) is 8.42 Å². The van der Waals surface area contributed by atoms with Gasteiger partial charge < -0.3 is 10.2 Å². The Hall–Kier alpha value is -1.97. The molecule has 1 aromatic heterocycles. The fraction of sp³-hybridized carbons (Fsp3) is 0.286. The third kappa shape index (κ3) is 4.10. The van der Waals surface area contributed by atoms with Gasteiger partial charge in [0.2, 0.25) is 10.0 Å². The molecule has 2 heterocycles. The number of amides is 1. The lowest BCUT2D eigenvalue weighted by Gasteiger charge is -2.33. The van der Waals surface area contributed by atoms with Gasteiger partial charge in [-0.15, -0.1) is 11.3 Å². The molecule has 0 radical (unpaired) electrons. The number of piperazine rings is 1. The smallest absolute Gasteiger partial charge is 0.267 e. The van der Waals surface area contributed by atoms with E-state index in [0.29, 0.717) is 28.7 Å². The van der Waals surface area contributed by atoms with Crippen LogP contribution in [-0.4, -0.2) is 56.3 Å². The lowest BCUT2D eigenvalue weighted by atomic mass is 10.2. The lowest BCUT2D eigenvalue weighted by Crippen LogP contribution is -2.48. The van der Waals surface area contributed by atoms with Gasteiger partial charge >= 0.3 is 0 Å². The van der Waals surface area contributed by atoms with Gasteiger partial charge in [0.1, 0.15) is 4.88 Å². The van der Waals surface area contributed by atoms with Crippen LogP contribution in [0.1, 0.15) is 16.6 Å². The van der Waals surface area contributed by atoms with Crippen LogP contribution in [0.25, 0.3) is 10.1 Å². The summed E-state index contributed by atoms with van der Waals surface area (Å²) in [6, 6.07) is 13.9. The van der Waals surface area contributed by atoms with Crippen molar-refractivity contribution in [1.82, 2.24) is 9.21 Å². The van der Waals surface area contributed by atoms with E-state index < -0.39 is 10.0 Å². The molecular weight excluding hydrogens is 442 g/mol. The largest absolute Gasteiger partial charge is 0.321 e. The molecule has 0 saturated carbocycles. The number of benzene rings is 2. The quantitative estimate of drug-likeness (QED) is 0.617. The number of hydrogen-bond acceptors (Lipinski definition) is 5. The summed E-state index contributed by atoms with van der Waals surface area (Å²) in [5.41, 5.74) is 0.517. The Morgan fingerprint density at radius 2 is 1.73 bits per heavy atom. The molecule has 1 fully saturated rings. The van der Waals surface area contributed by atoms with Crippen LogP contribution in [0.3, 0.4) is 0 Å². The summed E-state index contributed by atoms with van der Waals surface area (Å²) in [5.74, 6) is -0.313. The Bertz CT molecular complexity index is 1170. The first-order valence-electron chi connectivity index (χ1n) is 9.71. The van der Waals surface area contributed by atoms with E-state index >= 15 is 0 Å². The number of thiophene rings is 1. The highest BCUT2D eigenvalue weighted by Gasteiger charge is 2.28. The third-order valence-corrected chi connectivity index (χ3v) is 8.86. The van der Waals surface area contributed by atoms with Crippen LogP contribution in [-0.2, 0) is 10.0 Å². The molecule has 0 unspecified atom stereocenters. The molecule has 158 valence electrons. The Balaban J connectivity index is 1.48. The summed E-state index contributed by atoms with van der Waals surface area (Å²) in [6.07, 6.45) is 0. The fourth-order valence-corrected chi connectivity index (χ4v) is 6.33. The molecule has 0 bridgehead atoms. The van der Waals surface area contributed by atoms with E-state index in [-0.39, 0.29) is 10.8 Å². The second-order valence-electron chi connectivity index (χ2n) is 7.06. The number of carbonyl (C=O) groups excluding carboxylic acids is 1. The maximum absolute atomic E-state index is 12.9. The number of anilines is 1. The molecule has 0 atom stereocenters. The van der Waals surface area contributed by atoms with Crippen LogP contribution in [0.2, 0.25) is 5.02 Å². The zero-order valence-corrected chi connectivity index (χ0v) is 18.9. The van der Waals surface area contributed by atoms with Crippen molar-refractivity contribution in [3.05, 3.63) is 58.4 Å². The van der Waals surface area contributed by atoms with Crippen molar-refractivity contribution in [2.24, 2.45) is 0 Å². The van der Waals surface area contributed by atoms with E-state index in [1.54, 1.807) is 12.1 Å². The van der Waals surface area contributed by atoms with Crippen molar-refractivity contribution >= 4 is 54.6 Å². The van der Waals surface area contributed by atoms with Crippen molar-refractivity contribution in [2.75, 3.05) is 38.0 Å². The van der Waals surface area contributed by atoms with E-state index in [4.69, 9.17) is 11.6 Å². The topological polar surface area (TPSA) is 69.7 Å². The molecule has 0 aliphatic carbocycles. The Morgan fingerprint density at radius 3 is 2.37 bits per heavy atom. The number of likely N-dealkylation sites (N-methyl/N-ethyl adjacent to an activating group) is 1. The number of nitrogens with zero attached hydrogens (tertiary/aromatic N) is 2. The van der Waals surface area contributed by atoms with Crippen LogP contribution in [0.4, 0.5) is 5.69 Å². The Labute approximate surface area is 185 Å². The van der Waals surface area contributed by atoms with E-state index in [0.717, 1.165) is 29.7 Å². The number of rotatable bonds is 5. The summed E-state index contributed by atoms with van der Waals surface area (Å²) < 4.78 is 28.2. The lowest BCUT2D eigenvalue weighted by molar-refractivity contribution is 0.103. The molecule has 1 aliphatic heterocycles. The van der Waals surface area contributed by atoms with E-state index in [1.165, 1.54) is 27.8 Å². The first-order chi connectivity index (χ1) is 14.4. The maximum Gasteiger partial charge on any atom is 0.267 e. The van der Waals surface area contributed by atoms with Crippen LogP contribution in [0.5, 0.6) is 0 Å². The van der Waals surface area contributed by atoms with E-state index in [1.807, 2.05) is 24.3 Å². The third-order valence-electron chi connectivity index (χ3n) is 5.27. The number of halogens is 1. The zero-order valence-electron chi connectivity index (χ0n) is 16.5. The Morgan fingerprint density at radius 1 is 1.07 bits per heavy atom. The van der Waals surface area contributed by atoms with Gasteiger partial charge in [0.05, 0.1) is 9.92 Å². The van der Waals surface area contributed by atoms with Crippen molar-refractivity contribution in [2.45, 2.75) is 11.8 Å². The first-order valence-corrected chi connectivity index (χ1v) is 12.3. The molecule has 9 heteroatoms. The summed E-state index contributed by atoms with van der Waals surface area (Å²) in [4.78, 5) is 15.6. The van der Waals surface area contributed by atoms with Crippen LogP contribution >= 0.6 is 22.9 Å². The minimum Gasteiger partial charge on any atom is -0.321 e. The van der Waals surface area contributed by atoms with Crippen molar-refractivity contribution in [3.63, 3.8) is 0 Å². The second kappa shape index (κ2) is 8.64. The average Bonchev–Trinajstić information content (AvgIpc) is 3.11. The van der Waals surface area contributed by atoms with E-state index in [9.17, 15) is 13.2 Å². The van der Waals surface area contributed by atoms with Gasteiger partial charge in [-0.2, -0.15) is 4.31 Å². The fourth-order valence-electron chi connectivity index (χ4n) is 3.49. The molecule has 1 N–H and O–H groups in total. The van der Waals surface area contributed by atoms with Crippen molar-refractivity contribution < 1.29 is 13.2 Å². The molecule has 0 spiro atoms. The molecular formula is C21H22ClN3O3S2. The maximum atomic E-state index is 12.9. The van der Waals surface area contributed by atoms with Gasteiger partial charge in [-0.05, 0) is 36.9 Å². The summed E-state index contributed by atoms with van der Waals surface area (Å²) >= 11 is 7.70. The summed E-state index contributed by atoms with van der Waals surface area (Å²) in [5, 5.41) is 4.08. The normalized spacial score (nSPS) is 16.1. The number of nitrogens with one attached hydrogen (secondary N) is 1. The molecule has 1 amide bonds. The number of hydrogen-bond donors (Lipinski definition) is 1. The molecule has 3 aromatic rings. The molecule has 1 saturated heterocycles. The second-order valence-corrected chi connectivity index (χ2v) is 10.4. The number of carbonyl (C=O) groups is 1. The average molecular weight is 464 g/mol. The highest BCUT2D eigenvalue weighted by atomic mass is 35.5. The SMILES string of the molecule is CCN1CCN(S(=O)(=O)c2ccc(NC(=O)c3sc4ccccc4c3Cl)cc2)CC1. The zero-order chi connectivity index (χ0) is 21.3. The van der Waals surface area contributed by atoms with Gasteiger partial charge in [0, 0.05) is 42.0 Å². The highest BCUT2D eigenvalue weighted by molar-refractivity contribution is 7.89. The predicted molar refractivity (Wildman–Crippen MR) is 122 cm³/mol. The monoisotopic (exact) mass is 463 g/mol. The van der Waals surface area contributed by atoms with Gasteiger partial charge in [-0.3, -0.25) is 4.79 Å². The summed E-state index contributed by atoms with van der Waals surface area (Å²) in [6.45, 7) is 5.44. The minimum atomic E-state index is -3.54. The van der Waals surface area contributed by atoms with Crippen LogP contribution in [0, 0.1) is 0 Å². The molecule has 4 rings (SSSR count). The minimum absolute atomic E-state index is 0.227. The first kappa shape index (κ1) is 21.3. The van der Waals surface area contributed by atoms with Crippen molar-refractivity contribution in [3.8, 4) is 0 Å². The standard InChI is InChI=1S/C21H22ClN3O3S2/c1-2-24-11-13-25(14-12-24)30(27,28)16-9-7-15(8-10-16)23-21(26)20-19(22)17-5-3-4-6-18(17)29-20/h3-10H,2,11-14H2,1H3,(H,23,26). The molecule has 1 aliphatic rings.